The monoisotopic (exact) mass is 361 g/mol. The molecule has 1 spiro atoms. The standard InChI is InChI=1S/C16H19N5O3S/c1-19-13(5-8-18-19)15(22)20-9-6-16(10-20)11-21(25(2,23)24)12-4-3-7-17-14(12)16/h3-5,7-8H,6,9-11H2,1-2H3/t16-/m0/s1. The minimum Gasteiger partial charge on any atom is -0.336 e. The van der Waals surface area contributed by atoms with Gasteiger partial charge in [0.1, 0.15) is 5.69 Å². The zero-order valence-electron chi connectivity index (χ0n) is 14.1. The summed E-state index contributed by atoms with van der Waals surface area (Å²) in [5, 5.41) is 4.05. The lowest BCUT2D eigenvalue weighted by Gasteiger charge is -2.24. The average Bonchev–Trinajstić information content (AvgIpc) is 3.26. The van der Waals surface area contributed by atoms with E-state index in [1.807, 2.05) is 0 Å². The van der Waals surface area contributed by atoms with E-state index < -0.39 is 15.4 Å². The molecule has 2 aromatic heterocycles. The largest absolute Gasteiger partial charge is 0.336 e. The maximum absolute atomic E-state index is 12.8. The number of fused-ring (bicyclic) bond motifs is 2. The van der Waals surface area contributed by atoms with Crippen LogP contribution in [-0.4, -0.2) is 59.9 Å². The van der Waals surface area contributed by atoms with Crippen LogP contribution in [0.3, 0.4) is 0 Å². The van der Waals surface area contributed by atoms with Crippen LogP contribution in [0.4, 0.5) is 5.69 Å². The lowest BCUT2D eigenvalue weighted by Crippen LogP contribution is -2.40. The van der Waals surface area contributed by atoms with E-state index in [1.165, 1.54) is 10.6 Å². The van der Waals surface area contributed by atoms with E-state index in [0.717, 1.165) is 5.69 Å². The van der Waals surface area contributed by atoms with Gasteiger partial charge in [0.15, 0.2) is 0 Å². The van der Waals surface area contributed by atoms with Gasteiger partial charge in [-0.25, -0.2) is 8.42 Å². The maximum atomic E-state index is 12.8. The summed E-state index contributed by atoms with van der Waals surface area (Å²) >= 11 is 0. The Morgan fingerprint density at radius 2 is 2.04 bits per heavy atom. The number of nitrogens with zero attached hydrogens (tertiary/aromatic N) is 5. The molecule has 4 heterocycles. The van der Waals surface area contributed by atoms with Gasteiger partial charge in [-0.15, -0.1) is 0 Å². The van der Waals surface area contributed by atoms with Crippen LogP contribution >= 0.6 is 0 Å². The molecule has 9 heteroatoms. The fraction of sp³-hybridized carbons (Fsp3) is 0.438. The predicted molar refractivity (Wildman–Crippen MR) is 91.8 cm³/mol. The molecule has 1 amide bonds. The Bertz CT molecular complexity index is 954. The number of aryl methyl sites for hydroxylation is 1. The average molecular weight is 361 g/mol. The highest BCUT2D eigenvalue weighted by Crippen LogP contribution is 2.46. The first-order valence-electron chi connectivity index (χ1n) is 8.02. The highest BCUT2D eigenvalue weighted by Gasteiger charge is 2.51. The number of hydrogen-bond acceptors (Lipinski definition) is 5. The molecule has 2 aliphatic rings. The van der Waals surface area contributed by atoms with E-state index in [9.17, 15) is 13.2 Å². The van der Waals surface area contributed by atoms with Crippen molar-refractivity contribution in [2.24, 2.45) is 7.05 Å². The van der Waals surface area contributed by atoms with Gasteiger partial charge in [-0.3, -0.25) is 18.8 Å². The molecular weight excluding hydrogens is 342 g/mol. The van der Waals surface area contributed by atoms with Crippen molar-refractivity contribution in [3.8, 4) is 0 Å². The highest BCUT2D eigenvalue weighted by molar-refractivity contribution is 7.92. The quantitative estimate of drug-likeness (QED) is 0.772. The molecular formula is C16H19N5O3S. The smallest absolute Gasteiger partial charge is 0.272 e. The van der Waals surface area contributed by atoms with Gasteiger partial charge in [0, 0.05) is 39.1 Å². The summed E-state index contributed by atoms with van der Waals surface area (Å²) < 4.78 is 27.3. The highest BCUT2D eigenvalue weighted by atomic mass is 32.2. The van der Waals surface area contributed by atoms with Gasteiger partial charge in [-0.05, 0) is 24.6 Å². The van der Waals surface area contributed by atoms with E-state index in [1.54, 1.807) is 47.2 Å². The second kappa shape index (κ2) is 5.29. The Kier molecular flexibility index (Phi) is 3.40. The zero-order chi connectivity index (χ0) is 17.8. The summed E-state index contributed by atoms with van der Waals surface area (Å²) in [5.41, 5.74) is 1.46. The number of sulfonamides is 1. The van der Waals surface area contributed by atoms with Gasteiger partial charge in [-0.2, -0.15) is 5.10 Å². The molecule has 0 N–H and O–H groups in total. The molecule has 0 radical (unpaired) electrons. The minimum atomic E-state index is -3.39. The summed E-state index contributed by atoms with van der Waals surface area (Å²) in [6.45, 7) is 1.35. The molecule has 2 aromatic rings. The van der Waals surface area contributed by atoms with Crippen molar-refractivity contribution in [3.05, 3.63) is 42.0 Å². The second-order valence-corrected chi connectivity index (χ2v) is 8.64. The summed E-state index contributed by atoms with van der Waals surface area (Å²) in [6, 6.07) is 5.21. The zero-order valence-corrected chi connectivity index (χ0v) is 14.9. The van der Waals surface area contributed by atoms with Crippen molar-refractivity contribution in [2.45, 2.75) is 11.8 Å². The van der Waals surface area contributed by atoms with Crippen LogP contribution in [0.5, 0.6) is 0 Å². The molecule has 0 bridgehead atoms. The van der Waals surface area contributed by atoms with Crippen molar-refractivity contribution in [3.63, 3.8) is 0 Å². The van der Waals surface area contributed by atoms with Gasteiger partial charge in [0.05, 0.1) is 23.1 Å². The molecule has 25 heavy (non-hydrogen) atoms. The molecule has 4 rings (SSSR count). The normalized spacial score (nSPS) is 22.6. The molecule has 132 valence electrons. The Morgan fingerprint density at radius 3 is 2.72 bits per heavy atom. The summed E-state index contributed by atoms with van der Waals surface area (Å²) in [5.74, 6) is -0.0906. The van der Waals surface area contributed by atoms with E-state index in [-0.39, 0.29) is 5.91 Å². The van der Waals surface area contributed by atoms with Crippen molar-refractivity contribution >= 4 is 21.6 Å². The molecule has 2 aliphatic heterocycles. The van der Waals surface area contributed by atoms with Crippen LogP contribution in [0.25, 0.3) is 0 Å². The SMILES string of the molecule is Cn1nccc1C(=O)N1CC[C@]2(C1)CN(S(C)(=O)=O)c1cccnc12. The summed E-state index contributed by atoms with van der Waals surface area (Å²) in [4.78, 5) is 19.0. The van der Waals surface area contributed by atoms with Crippen LogP contribution in [0.1, 0.15) is 22.6 Å². The first kappa shape index (κ1) is 16.1. The fourth-order valence-electron chi connectivity index (χ4n) is 3.85. The van der Waals surface area contributed by atoms with Crippen molar-refractivity contribution < 1.29 is 13.2 Å². The van der Waals surface area contributed by atoms with Gasteiger partial charge in [0.25, 0.3) is 5.91 Å². The molecule has 0 saturated carbocycles. The minimum absolute atomic E-state index is 0.0906. The Balaban J connectivity index is 1.68. The first-order chi connectivity index (χ1) is 11.8. The van der Waals surface area contributed by atoms with Crippen LogP contribution in [0, 0.1) is 0 Å². The lowest BCUT2D eigenvalue weighted by molar-refractivity contribution is 0.0773. The Hall–Kier alpha value is -2.42. The fourth-order valence-corrected chi connectivity index (χ4v) is 4.84. The third-order valence-corrected chi connectivity index (χ3v) is 6.21. The molecule has 8 nitrogen and oxygen atoms in total. The number of rotatable bonds is 2. The number of likely N-dealkylation sites (tertiary alicyclic amines) is 1. The number of aromatic nitrogens is 3. The number of hydrogen-bond donors (Lipinski definition) is 0. The molecule has 0 aromatic carbocycles. The van der Waals surface area contributed by atoms with Gasteiger partial charge >= 0.3 is 0 Å². The van der Waals surface area contributed by atoms with E-state index in [0.29, 0.717) is 37.4 Å². The second-order valence-electron chi connectivity index (χ2n) is 6.74. The third kappa shape index (κ3) is 2.41. The number of carbonyl (C=O) groups is 1. The van der Waals surface area contributed by atoms with E-state index in [2.05, 4.69) is 10.1 Å². The maximum Gasteiger partial charge on any atom is 0.272 e. The van der Waals surface area contributed by atoms with Crippen LogP contribution in [-0.2, 0) is 22.5 Å². The van der Waals surface area contributed by atoms with E-state index in [4.69, 9.17) is 0 Å². The number of carbonyl (C=O) groups excluding carboxylic acids is 1. The Morgan fingerprint density at radius 1 is 1.24 bits per heavy atom. The number of anilines is 1. The predicted octanol–water partition coefficient (Wildman–Crippen LogP) is 0.379. The van der Waals surface area contributed by atoms with Crippen molar-refractivity contribution in [2.75, 3.05) is 30.2 Å². The third-order valence-electron chi connectivity index (χ3n) is 5.09. The molecule has 1 saturated heterocycles. The van der Waals surface area contributed by atoms with E-state index >= 15 is 0 Å². The van der Waals surface area contributed by atoms with Gasteiger partial charge in [0.2, 0.25) is 10.0 Å². The molecule has 0 aliphatic carbocycles. The Labute approximate surface area is 146 Å². The van der Waals surface area contributed by atoms with Crippen molar-refractivity contribution in [1.82, 2.24) is 19.7 Å². The lowest BCUT2D eigenvalue weighted by atomic mass is 9.85. The van der Waals surface area contributed by atoms with Crippen LogP contribution < -0.4 is 4.31 Å². The first-order valence-corrected chi connectivity index (χ1v) is 9.87. The number of amides is 1. The van der Waals surface area contributed by atoms with Crippen LogP contribution in [0.2, 0.25) is 0 Å². The molecule has 1 atom stereocenters. The molecule has 1 fully saturated rings. The topological polar surface area (TPSA) is 88.4 Å². The van der Waals surface area contributed by atoms with Crippen molar-refractivity contribution in [1.29, 1.82) is 0 Å². The summed E-state index contributed by atoms with van der Waals surface area (Å²) in [6.07, 6.45) is 5.16. The summed E-state index contributed by atoms with van der Waals surface area (Å²) in [7, 11) is -1.66. The molecule has 0 unspecified atom stereocenters. The van der Waals surface area contributed by atoms with Gasteiger partial charge in [-0.1, -0.05) is 0 Å². The van der Waals surface area contributed by atoms with Crippen LogP contribution in [0.15, 0.2) is 30.6 Å². The number of pyridine rings is 1. The van der Waals surface area contributed by atoms with Gasteiger partial charge < -0.3 is 4.90 Å².